The van der Waals surface area contributed by atoms with Crippen molar-refractivity contribution in [1.82, 2.24) is 0 Å². The Kier molecular flexibility index (Phi) is 51.2. The Hall–Kier alpha value is -2.56. The number of hydrogen-bond acceptors (Lipinski definition) is 23. The number of allylic oxidation sites excluding steroid dienone is 3. The molecule has 0 amide bonds. The van der Waals surface area contributed by atoms with E-state index in [1.54, 1.807) is 6.08 Å². The lowest BCUT2D eigenvalue weighted by Gasteiger charge is -2.49. The molecule has 580 valence electrons. The zero-order valence-electron chi connectivity index (χ0n) is 60.5. The molecule has 3 fully saturated rings. The van der Waals surface area contributed by atoms with E-state index in [1.807, 2.05) is 6.08 Å². The van der Waals surface area contributed by atoms with E-state index in [0.717, 1.165) is 96.0 Å². The first-order chi connectivity index (χ1) is 47.8. The summed E-state index contributed by atoms with van der Waals surface area (Å²) in [5, 5.41) is 110. The van der Waals surface area contributed by atoms with Crippen molar-refractivity contribution in [1.29, 1.82) is 0 Å². The van der Waals surface area contributed by atoms with Crippen molar-refractivity contribution in [3.05, 3.63) is 24.3 Å². The number of carbonyl (C=O) groups is 3. The van der Waals surface area contributed by atoms with Crippen molar-refractivity contribution in [2.24, 2.45) is 0 Å². The summed E-state index contributed by atoms with van der Waals surface area (Å²) in [6.45, 7) is 3.36. The number of rotatable bonds is 60. The molecule has 24 nitrogen and oxygen atoms in total. The Labute approximate surface area is 592 Å². The number of phosphoric acid groups is 1. The minimum Gasteiger partial charge on any atom is -0.463 e. The number of aliphatic hydroxyl groups excluding tert-OH is 10. The van der Waals surface area contributed by atoms with Gasteiger partial charge in [0.05, 0.1) is 13.2 Å². The van der Waals surface area contributed by atoms with Crippen LogP contribution in [0.1, 0.15) is 297 Å². The highest BCUT2D eigenvalue weighted by Crippen LogP contribution is 2.49. The first-order valence-electron chi connectivity index (χ1n) is 38.7. The molecule has 99 heavy (non-hydrogen) atoms. The largest absolute Gasteiger partial charge is 0.472 e. The molecule has 0 aromatic rings. The fourth-order valence-corrected chi connectivity index (χ4v) is 13.7. The van der Waals surface area contributed by atoms with E-state index in [1.165, 1.54) is 167 Å². The topological polar surface area (TPSA) is 374 Å². The molecule has 0 spiro atoms. The van der Waals surface area contributed by atoms with Crippen LogP contribution in [0.15, 0.2) is 24.3 Å². The maximum Gasteiger partial charge on any atom is 0.472 e. The number of phosphoric ester groups is 1. The summed E-state index contributed by atoms with van der Waals surface area (Å²) < 4.78 is 64.8. The second-order valence-corrected chi connectivity index (χ2v) is 29.2. The quantitative estimate of drug-likeness (QED) is 0.00673. The molecule has 2 saturated heterocycles. The zero-order valence-corrected chi connectivity index (χ0v) is 61.4. The van der Waals surface area contributed by atoms with Crippen LogP contribution in [0.4, 0.5) is 0 Å². The van der Waals surface area contributed by atoms with Crippen molar-refractivity contribution in [2.75, 3.05) is 26.4 Å². The highest BCUT2D eigenvalue weighted by molar-refractivity contribution is 7.47. The number of carbonyl (C=O) groups excluding carboxylic acids is 3. The van der Waals surface area contributed by atoms with E-state index in [0.29, 0.717) is 12.8 Å². The first kappa shape index (κ1) is 90.7. The number of aliphatic hydroxyl groups is 10. The summed E-state index contributed by atoms with van der Waals surface area (Å²) in [6, 6.07) is 0. The molecular weight excluding hydrogens is 1300 g/mol. The molecule has 18 atom stereocenters. The highest BCUT2D eigenvalue weighted by atomic mass is 31.2. The van der Waals surface area contributed by atoms with Crippen molar-refractivity contribution in [3.8, 4) is 0 Å². The number of ether oxygens (including phenoxy) is 7. The molecule has 3 aliphatic rings. The SMILES string of the molecule is CCCCCCCCCCCCC/C=C/C=C/C(=O)OC(COC(=O)CCCCCCCCCCCCCCCC)COP(=O)(O)OC1C(OC2OC(CO)C(O)C(O)C2O)C(O)C(O)C(O)C1OC1OC(COC(=O)CCCCCCCCCCCCCCCCC)C(O)C(O)C1O. The van der Waals surface area contributed by atoms with Crippen LogP contribution < -0.4 is 0 Å². The van der Waals surface area contributed by atoms with Crippen molar-refractivity contribution < 1.29 is 117 Å². The van der Waals surface area contributed by atoms with Gasteiger partial charge in [-0.15, -0.1) is 0 Å². The maximum atomic E-state index is 14.3. The standard InChI is InChI=1S/C74H135O24P/c1-4-7-10-13-16-19-22-25-28-31-34-37-40-43-46-49-59(77)91-54-57-62(80)64(82)69(87)74(95-57)97-71-67(85)65(83)66(84)70(96-73-68(86)63(81)61(79)56(51-75)94-73)72(71)98-99(88,89)92-53-55(52-90-58(76)48-45-42-39-36-33-30-27-24-21-18-15-12-9-6-3)93-60(78)50-47-44-41-38-35-32-29-26-23-20-17-14-11-8-5-2/h41,44,47,50,55-57,61-75,79-87H,4-40,42-43,45-46,48-49,51-54H2,1-3H3,(H,88,89)/b44-41+,50-47+. The van der Waals surface area contributed by atoms with Gasteiger partial charge in [-0.05, 0) is 25.7 Å². The molecule has 3 rings (SSSR count). The molecule has 2 heterocycles. The van der Waals surface area contributed by atoms with E-state index < -0.39 is 156 Å². The Morgan fingerprint density at radius 3 is 1.17 bits per heavy atom. The van der Waals surface area contributed by atoms with Gasteiger partial charge in [0, 0.05) is 18.9 Å². The van der Waals surface area contributed by atoms with Gasteiger partial charge in [0.15, 0.2) is 18.7 Å². The van der Waals surface area contributed by atoms with E-state index in [9.17, 15) is 74.9 Å². The van der Waals surface area contributed by atoms with Crippen LogP contribution in [0.25, 0.3) is 0 Å². The average molecular weight is 1440 g/mol. The van der Waals surface area contributed by atoms with Gasteiger partial charge in [0.25, 0.3) is 0 Å². The number of hydrogen-bond donors (Lipinski definition) is 11. The number of esters is 3. The fourth-order valence-electron chi connectivity index (χ4n) is 12.8. The highest BCUT2D eigenvalue weighted by Gasteiger charge is 2.58. The molecule has 0 bridgehead atoms. The fraction of sp³-hybridized carbons (Fsp3) is 0.905. The lowest BCUT2D eigenvalue weighted by molar-refractivity contribution is -0.360. The Morgan fingerprint density at radius 2 is 0.768 bits per heavy atom. The van der Waals surface area contributed by atoms with Gasteiger partial charge in [-0.25, -0.2) is 9.36 Å². The summed E-state index contributed by atoms with van der Waals surface area (Å²) in [4.78, 5) is 50.9. The van der Waals surface area contributed by atoms with Gasteiger partial charge in [-0.2, -0.15) is 0 Å². The summed E-state index contributed by atoms with van der Waals surface area (Å²) >= 11 is 0. The lowest BCUT2D eigenvalue weighted by Crippen LogP contribution is -2.69. The third kappa shape index (κ3) is 38.9. The summed E-state index contributed by atoms with van der Waals surface area (Å²) in [5.41, 5.74) is 0. The molecule has 11 N–H and O–H groups in total. The molecule has 1 saturated carbocycles. The summed E-state index contributed by atoms with van der Waals surface area (Å²) in [6.07, 6.45) is 17.3. The van der Waals surface area contributed by atoms with E-state index in [4.69, 9.17) is 42.2 Å². The minimum absolute atomic E-state index is 0.0287. The molecule has 18 unspecified atom stereocenters. The summed E-state index contributed by atoms with van der Waals surface area (Å²) in [5.74, 6) is -2.24. The van der Waals surface area contributed by atoms with Gasteiger partial charge in [-0.1, -0.05) is 277 Å². The Balaban J connectivity index is 1.74. The monoisotopic (exact) mass is 1440 g/mol. The Bertz CT molecular complexity index is 2140. The van der Waals surface area contributed by atoms with Crippen LogP contribution in [0.3, 0.4) is 0 Å². The predicted molar refractivity (Wildman–Crippen MR) is 374 cm³/mol. The van der Waals surface area contributed by atoms with Gasteiger partial charge < -0.3 is 89.1 Å². The lowest BCUT2D eigenvalue weighted by atomic mass is 9.84. The summed E-state index contributed by atoms with van der Waals surface area (Å²) in [7, 11) is -5.72. The third-order valence-corrected chi connectivity index (χ3v) is 20.1. The molecule has 0 aromatic carbocycles. The van der Waals surface area contributed by atoms with Gasteiger partial charge in [-0.3, -0.25) is 18.6 Å². The van der Waals surface area contributed by atoms with Gasteiger partial charge in [0.1, 0.15) is 98.7 Å². The van der Waals surface area contributed by atoms with Gasteiger partial charge >= 0.3 is 25.7 Å². The van der Waals surface area contributed by atoms with E-state index >= 15 is 0 Å². The average Bonchev–Trinajstić information content (AvgIpc) is 0.763. The van der Waals surface area contributed by atoms with Gasteiger partial charge in [0.2, 0.25) is 0 Å². The minimum atomic E-state index is -5.72. The second kappa shape index (κ2) is 55.9. The van der Waals surface area contributed by atoms with Crippen molar-refractivity contribution in [3.63, 3.8) is 0 Å². The van der Waals surface area contributed by atoms with Crippen molar-refractivity contribution >= 4 is 25.7 Å². The third-order valence-electron chi connectivity index (χ3n) is 19.1. The smallest absolute Gasteiger partial charge is 0.463 e. The molecule has 0 aromatic heterocycles. The molecule has 0 radical (unpaired) electrons. The predicted octanol–water partition coefficient (Wildman–Crippen LogP) is 10.9. The maximum absolute atomic E-state index is 14.3. The van der Waals surface area contributed by atoms with Crippen LogP contribution in [0.5, 0.6) is 0 Å². The van der Waals surface area contributed by atoms with Crippen LogP contribution in [-0.4, -0.2) is 204 Å². The second-order valence-electron chi connectivity index (χ2n) is 27.8. The first-order valence-corrected chi connectivity index (χ1v) is 40.2. The zero-order chi connectivity index (χ0) is 72.5. The van der Waals surface area contributed by atoms with Crippen LogP contribution in [0, 0.1) is 0 Å². The molecule has 1 aliphatic carbocycles. The van der Waals surface area contributed by atoms with Crippen molar-refractivity contribution in [2.45, 2.75) is 401 Å². The van der Waals surface area contributed by atoms with E-state index in [2.05, 4.69) is 20.8 Å². The van der Waals surface area contributed by atoms with E-state index in [-0.39, 0.29) is 12.8 Å². The van der Waals surface area contributed by atoms with Crippen LogP contribution in [-0.2, 0) is 61.2 Å². The van der Waals surface area contributed by atoms with Crippen LogP contribution in [0.2, 0.25) is 0 Å². The van der Waals surface area contributed by atoms with Crippen LogP contribution >= 0.6 is 7.82 Å². The molecular formula is C74H135O24P. The normalized spacial score (nSPS) is 27.6. The molecule has 2 aliphatic heterocycles. The molecule has 25 heteroatoms. The Morgan fingerprint density at radius 1 is 0.414 bits per heavy atom. The number of unbranched alkanes of at least 4 members (excludes halogenated alkanes) is 38.